The number of pyridine rings is 1. The van der Waals surface area contributed by atoms with E-state index >= 15 is 0 Å². The van der Waals surface area contributed by atoms with Gasteiger partial charge in [0.15, 0.2) is 0 Å². The third-order valence-electron chi connectivity index (χ3n) is 2.84. The molecule has 1 aromatic heterocycles. The molecule has 1 amide bonds. The summed E-state index contributed by atoms with van der Waals surface area (Å²) in [5.74, 6) is -1.52. The molecule has 0 unspecified atom stereocenters. The van der Waals surface area contributed by atoms with Crippen molar-refractivity contribution in [3.8, 4) is 0 Å². The number of nitrogens with zero attached hydrogens (tertiary/aromatic N) is 1. The first kappa shape index (κ1) is 16.4. The minimum Gasteiger partial charge on any atom is -0.480 e. The maximum Gasteiger partial charge on any atom is 0.326 e. The normalized spacial score (nSPS) is 12.8. The molecule has 6 heteroatoms. The molecule has 0 fully saturated rings. The predicted octanol–water partition coefficient (Wildman–Crippen LogP) is 2.63. The largest absolute Gasteiger partial charge is 0.480 e. The lowest BCUT2D eigenvalue weighted by Gasteiger charge is -2.19. The van der Waals surface area contributed by atoms with E-state index < -0.39 is 17.9 Å². The summed E-state index contributed by atoms with van der Waals surface area (Å²) in [5, 5.41) is 11.6. The molecule has 0 spiro atoms. The van der Waals surface area contributed by atoms with Gasteiger partial charge in [0.1, 0.15) is 11.2 Å². The standard InChI is InChI=1S/C14H19ClN2O3/c1-5-9(13(19)20)16-12(18)8-6-10(14(2,3)4)17-11(15)7-8/h6-7,9H,5H2,1-4H3,(H,16,18)(H,19,20)/t9-/m0/s1. The molecule has 0 saturated heterocycles. The summed E-state index contributed by atoms with van der Waals surface area (Å²) in [6, 6.07) is 2.16. The second-order valence-electron chi connectivity index (χ2n) is 5.59. The van der Waals surface area contributed by atoms with Crippen LogP contribution in [-0.2, 0) is 10.2 Å². The molecular weight excluding hydrogens is 280 g/mol. The summed E-state index contributed by atoms with van der Waals surface area (Å²) in [6.07, 6.45) is 0.312. The molecule has 1 rings (SSSR count). The van der Waals surface area contributed by atoms with E-state index in [1.807, 2.05) is 20.8 Å². The molecule has 2 N–H and O–H groups in total. The van der Waals surface area contributed by atoms with E-state index in [-0.39, 0.29) is 10.6 Å². The van der Waals surface area contributed by atoms with Gasteiger partial charge in [-0.25, -0.2) is 9.78 Å². The Morgan fingerprint density at radius 3 is 2.45 bits per heavy atom. The second kappa shape index (κ2) is 6.22. The first-order valence-corrected chi connectivity index (χ1v) is 6.74. The molecule has 1 heterocycles. The molecule has 0 aliphatic heterocycles. The van der Waals surface area contributed by atoms with Gasteiger partial charge in [-0.2, -0.15) is 0 Å². The van der Waals surface area contributed by atoms with Crippen molar-refractivity contribution >= 4 is 23.5 Å². The Hall–Kier alpha value is -1.62. The van der Waals surface area contributed by atoms with Gasteiger partial charge in [0.25, 0.3) is 5.91 Å². The van der Waals surface area contributed by atoms with Crippen molar-refractivity contribution in [2.24, 2.45) is 0 Å². The van der Waals surface area contributed by atoms with E-state index in [4.69, 9.17) is 16.7 Å². The van der Waals surface area contributed by atoms with E-state index in [0.29, 0.717) is 17.7 Å². The molecule has 0 saturated carbocycles. The minimum atomic E-state index is -1.06. The second-order valence-corrected chi connectivity index (χ2v) is 5.97. The molecule has 0 aromatic carbocycles. The van der Waals surface area contributed by atoms with Gasteiger partial charge in [-0.05, 0) is 18.6 Å². The third-order valence-corrected chi connectivity index (χ3v) is 3.03. The van der Waals surface area contributed by atoms with Crippen molar-refractivity contribution < 1.29 is 14.7 Å². The fraction of sp³-hybridized carbons (Fsp3) is 0.500. The highest BCUT2D eigenvalue weighted by Gasteiger charge is 2.22. The maximum atomic E-state index is 12.1. The van der Waals surface area contributed by atoms with Crippen molar-refractivity contribution in [2.45, 2.75) is 45.6 Å². The number of rotatable bonds is 4. The van der Waals surface area contributed by atoms with Crippen LogP contribution in [0.1, 0.15) is 50.2 Å². The molecule has 0 bridgehead atoms. The molecule has 0 aliphatic carbocycles. The van der Waals surface area contributed by atoms with Crippen LogP contribution in [0.4, 0.5) is 0 Å². The fourth-order valence-corrected chi connectivity index (χ4v) is 1.80. The maximum absolute atomic E-state index is 12.1. The van der Waals surface area contributed by atoms with Crippen molar-refractivity contribution in [3.05, 3.63) is 28.5 Å². The smallest absolute Gasteiger partial charge is 0.326 e. The lowest BCUT2D eigenvalue weighted by molar-refractivity contribution is -0.139. The van der Waals surface area contributed by atoms with Crippen LogP contribution >= 0.6 is 11.6 Å². The van der Waals surface area contributed by atoms with Crippen LogP contribution in [0.15, 0.2) is 12.1 Å². The summed E-state index contributed by atoms with van der Waals surface area (Å²) < 4.78 is 0. The van der Waals surface area contributed by atoms with Crippen LogP contribution < -0.4 is 5.32 Å². The number of carbonyl (C=O) groups excluding carboxylic acids is 1. The number of amides is 1. The number of carboxylic acid groups (broad SMARTS) is 1. The first-order valence-electron chi connectivity index (χ1n) is 6.37. The van der Waals surface area contributed by atoms with Crippen LogP contribution in [0.25, 0.3) is 0 Å². The Labute approximate surface area is 123 Å². The molecule has 0 aliphatic rings. The van der Waals surface area contributed by atoms with Gasteiger partial charge in [0, 0.05) is 16.7 Å². The van der Waals surface area contributed by atoms with Gasteiger partial charge in [-0.15, -0.1) is 0 Å². The van der Waals surface area contributed by atoms with Gasteiger partial charge in [-0.3, -0.25) is 4.79 Å². The van der Waals surface area contributed by atoms with Gasteiger partial charge < -0.3 is 10.4 Å². The van der Waals surface area contributed by atoms with Crippen LogP contribution in [-0.4, -0.2) is 28.0 Å². The fourth-order valence-electron chi connectivity index (χ4n) is 1.59. The van der Waals surface area contributed by atoms with Gasteiger partial charge in [0.05, 0.1) is 0 Å². The SMILES string of the molecule is CC[C@H](NC(=O)c1cc(Cl)nc(C(C)(C)C)c1)C(=O)O. The van der Waals surface area contributed by atoms with Gasteiger partial charge in [-0.1, -0.05) is 39.3 Å². The van der Waals surface area contributed by atoms with Gasteiger partial charge in [0.2, 0.25) is 0 Å². The zero-order valence-corrected chi connectivity index (χ0v) is 12.8. The summed E-state index contributed by atoms with van der Waals surface area (Å²) in [6.45, 7) is 7.57. The molecule has 5 nitrogen and oxygen atoms in total. The molecule has 1 atom stereocenters. The van der Waals surface area contributed by atoms with Crippen molar-refractivity contribution in [1.82, 2.24) is 10.3 Å². The monoisotopic (exact) mass is 298 g/mol. The number of aromatic nitrogens is 1. The summed E-state index contributed by atoms with van der Waals surface area (Å²) >= 11 is 5.93. The van der Waals surface area contributed by atoms with E-state index in [9.17, 15) is 9.59 Å². The van der Waals surface area contributed by atoms with E-state index in [0.717, 1.165) is 0 Å². The highest BCUT2D eigenvalue weighted by atomic mass is 35.5. The van der Waals surface area contributed by atoms with Crippen LogP contribution in [0.5, 0.6) is 0 Å². The third kappa shape index (κ3) is 4.20. The number of aliphatic carboxylic acids is 1. The van der Waals surface area contributed by atoms with Gasteiger partial charge >= 0.3 is 5.97 Å². The number of carboxylic acids is 1. The predicted molar refractivity (Wildman–Crippen MR) is 77.1 cm³/mol. The first-order chi connectivity index (χ1) is 9.15. The van der Waals surface area contributed by atoms with Crippen molar-refractivity contribution in [3.63, 3.8) is 0 Å². The summed E-state index contributed by atoms with van der Waals surface area (Å²) in [5.41, 5.74) is 0.741. The van der Waals surface area contributed by atoms with E-state index in [1.54, 1.807) is 13.0 Å². The Morgan fingerprint density at radius 2 is 2.00 bits per heavy atom. The lowest BCUT2D eigenvalue weighted by Crippen LogP contribution is -2.40. The lowest BCUT2D eigenvalue weighted by atomic mass is 9.91. The highest BCUT2D eigenvalue weighted by molar-refractivity contribution is 6.29. The molecule has 110 valence electrons. The summed E-state index contributed by atoms with van der Waals surface area (Å²) in [7, 11) is 0. The average Bonchev–Trinajstić information content (AvgIpc) is 2.33. The molecular formula is C14H19ClN2O3. The number of hydrogen-bond donors (Lipinski definition) is 2. The number of carbonyl (C=O) groups is 2. The van der Waals surface area contributed by atoms with Crippen LogP contribution in [0.3, 0.4) is 0 Å². The molecule has 0 radical (unpaired) electrons. The Balaban J connectivity index is 3.05. The van der Waals surface area contributed by atoms with Crippen LogP contribution in [0, 0.1) is 0 Å². The Morgan fingerprint density at radius 1 is 1.40 bits per heavy atom. The van der Waals surface area contributed by atoms with Crippen molar-refractivity contribution in [1.29, 1.82) is 0 Å². The van der Waals surface area contributed by atoms with E-state index in [2.05, 4.69) is 10.3 Å². The molecule has 20 heavy (non-hydrogen) atoms. The number of hydrogen-bond acceptors (Lipinski definition) is 3. The number of nitrogens with one attached hydrogen (secondary N) is 1. The zero-order valence-electron chi connectivity index (χ0n) is 12.0. The quantitative estimate of drug-likeness (QED) is 0.838. The average molecular weight is 299 g/mol. The Kier molecular flexibility index (Phi) is 5.11. The van der Waals surface area contributed by atoms with E-state index in [1.165, 1.54) is 6.07 Å². The summed E-state index contributed by atoms with van der Waals surface area (Å²) in [4.78, 5) is 27.2. The highest BCUT2D eigenvalue weighted by Crippen LogP contribution is 2.23. The Bertz CT molecular complexity index is 524. The number of halogens is 1. The molecule has 1 aromatic rings. The zero-order chi connectivity index (χ0) is 15.5. The minimum absolute atomic E-state index is 0.214. The van der Waals surface area contributed by atoms with Crippen LogP contribution in [0.2, 0.25) is 5.15 Å². The van der Waals surface area contributed by atoms with Crippen molar-refractivity contribution in [2.75, 3.05) is 0 Å². The topological polar surface area (TPSA) is 79.3 Å².